The van der Waals surface area contributed by atoms with Gasteiger partial charge in [0, 0.05) is 21.2 Å². The van der Waals surface area contributed by atoms with Gasteiger partial charge in [0.15, 0.2) is 5.66 Å². The van der Waals surface area contributed by atoms with E-state index in [1.54, 1.807) is 42.5 Å². The lowest BCUT2D eigenvalue weighted by Gasteiger charge is -2.34. The average Bonchev–Trinajstić information content (AvgIpc) is 3.12. The van der Waals surface area contributed by atoms with Gasteiger partial charge in [0.25, 0.3) is 5.91 Å². The first kappa shape index (κ1) is 20.8. The zero-order chi connectivity index (χ0) is 22.3. The zero-order valence-electron chi connectivity index (χ0n) is 16.2. The standard InChI is InChI=1S/C22H17Cl2N3O4/c1-31-18-10-12(6-7-13(18)20(25)28)22(19-14(23)3-2-4-15(19)24)26-16-8-5-11(21(29)30)9-17(16)27-22/h2-10,26-27H,1H3,(H2,25,28)(H,29,30). The normalized spacial score (nSPS) is 16.7. The van der Waals surface area contributed by atoms with E-state index in [-0.39, 0.29) is 16.9 Å². The van der Waals surface area contributed by atoms with Gasteiger partial charge in [-0.25, -0.2) is 4.79 Å². The summed E-state index contributed by atoms with van der Waals surface area (Å²) in [6.45, 7) is 0. The minimum Gasteiger partial charge on any atom is -0.496 e. The maximum absolute atomic E-state index is 11.8. The van der Waals surface area contributed by atoms with E-state index in [1.165, 1.54) is 19.2 Å². The van der Waals surface area contributed by atoms with Crippen LogP contribution < -0.4 is 21.1 Å². The molecule has 0 aliphatic carbocycles. The number of carbonyl (C=O) groups excluding carboxylic acids is 1. The smallest absolute Gasteiger partial charge is 0.335 e. The van der Waals surface area contributed by atoms with Crippen LogP contribution in [0.15, 0.2) is 54.6 Å². The van der Waals surface area contributed by atoms with Crippen molar-refractivity contribution in [2.45, 2.75) is 5.66 Å². The molecule has 1 unspecified atom stereocenters. The highest BCUT2D eigenvalue weighted by molar-refractivity contribution is 6.36. The molecule has 7 nitrogen and oxygen atoms in total. The highest BCUT2D eigenvalue weighted by Gasteiger charge is 2.43. The number of fused-ring (bicyclic) bond motifs is 1. The third-order valence-electron chi connectivity index (χ3n) is 5.15. The van der Waals surface area contributed by atoms with Gasteiger partial charge in [-0.3, -0.25) is 4.79 Å². The third-order valence-corrected chi connectivity index (χ3v) is 5.78. The number of halogens is 2. The van der Waals surface area contributed by atoms with Crippen LogP contribution in [0.4, 0.5) is 11.4 Å². The van der Waals surface area contributed by atoms with Gasteiger partial charge in [0.1, 0.15) is 5.75 Å². The Kier molecular flexibility index (Phi) is 5.16. The first-order chi connectivity index (χ1) is 14.8. The number of rotatable bonds is 5. The number of hydrogen-bond donors (Lipinski definition) is 4. The Morgan fingerprint density at radius 1 is 1.00 bits per heavy atom. The molecule has 1 amide bonds. The molecule has 1 aliphatic rings. The van der Waals surface area contributed by atoms with Crippen molar-refractivity contribution in [1.29, 1.82) is 0 Å². The van der Waals surface area contributed by atoms with Gasteiger partial charge in [0.05, 0.1) is 29.6 Å². The molecule has 3 aromatic carbocycles. The second kappa shape index (κ2) is 7.68. The Balaban J connectivity index is 1.96. The predicted octanol–water partition coefficient (Wildman–Crippen LogP) is 4.54. The van der Waals surface area contributed by atoms with Gasteiger partial charge in [0.2, 0.25) is 0 Å². The number of hydrogen-bond acceptors (Lipinski definition) is 5. The molecule has 0 fully saturated rings. The minimum absolute atomic E-state index is 0.121. The molecule has 0 radical (unpaired) electrons. The number of benzene rings is 3. The topological polar surface area (TPSA) is 114 Å². The maximum Gasteiger partial charge on any atom is 0.335 e. The monoisotopic (exact) mass is 457 g/mol. The number of carbonyl (C=O) groups is 2. The highest BCUT2D eigenvalue weighted by Crippen LogP contribution is 2.48. The predicted molar refractivity (Wildman–Crippen MR) is 119 cm³/mol. The summed E-state index contributed by atoms with van der Waals surface area (Å²) >= 11 is 13.1. The molecule has 1 atom stereocenters. The van der Waals surface area contributed by atoms with Crippen LogP contribution in [0.3, 0.4) is 0 Å². The fraction of sp³-hybridized carbons (Fsp3) is 0.0909. The van der Waals surface area contributed by atoms with Crippen molar-refractivity contribution in [3.8, 4) is 5.75 Å². The van der Waals surface area contributed by atoms with Crippen molar-refractivity contribution in [3.63, 3.8) is 0 Å². The summed E-state index contributed by atoms with van der Waals surface area (Å²) in [7, 11) is 1.43. The summed E-state index contributed by atoms with van der Waals surface area (Å²) in [4.78, 5) is 23.2. The lowest BCUT2D eigenvalue weighted by Crippen LogP contribution is -2.40. The van der Waals surface area contributed by atoms with Crippen LogP contribution in [0, 0.1) is 0 Å². The molecule has 0 saturated heterocycles. The van der Waals surface area contributed by atoms with E-state index in [1.807, 2.05) is 0 Å². The number of aromatic carboxylic acids is 1. The number of ether oxygens (including phenoxy) is 1. The van der Waals surface area contributed by atoms with Crippen molar-refractivity contribution in [2.75, 3.05) is 17.7 Å². The van der Waals surface area contributed by atoms with Crippen molar-refractivity contribution in [1.82, 2.24) is 0 Å². The second-order valence-electron chi connectivity index (χ2n) is 6.94. The number of nitrogens with two attached hydrogens (primary N) is 1. The molecule has 31 heavy (non-hydrogen) atoms. The van der Waals surface area contributed by atoms with Gasteiger partial charge in [-0.15, -0.1) is 0 Å². The van der Waals surface area contributed by atoms with E-state index >= 15 is 0 Å². The van der Waals surface area contributed by atoms with Crippen molar-refractivity contribution < 1.29 is 19.4 Å². The van der Waals surface area contributed by atoms with E-state index in [2.05, 4.69) is 10.6 Å². The van der Waals surface area contributed by atoms with Crippen LogP contribution >= 0.6 is 23.2 Å². The molecule has 9 heteroatoms. The molecule has 5 N–H and O–H groups in total. The second-order valence-corrected chi connectivity index (χ2v) is 7.76. The largest absolute Gasteiger partial charge is 0.496 e. The SMILES string of the molecule is COc1cc(C2(c3c(Cl)cccc3Cl)Nc3ccc(C(=O)O)cc3N2)ccc1C(N)=O. The van der Waals surface area contributed by atoms with Crippen molar-refractivity contribution in [2.24, 2.45) is 5.73 Å². The van der Waals surface area contributed by atoms with Gasteiger partial charge < -0.3 is 26.2 Å². The summed E-state index contributed by atoms with van der Waals surface area (Å²) in [5.74, 6) is -1.40. The Labute approximate surface area is 187 Å². The van der Waals surface area contributed by atoms with Crippen LogP contribution in [0.5, 0.6) is 5.75 Å². The van der Waals surface area contributed by atoms with Gasteiger partial charge in [-0.05, 0) is 42.5 Å². The van der Waals surface area contributed by atoms with Crippen LogP contribution in [0.2, 0.25) is 10.0 Å². The Morgan fingerprint density at radius 2 is 1.68 bits per heavy atom. The van der Waals surface area contributed by atoms with Crippen LogP contribution in [0.1, 0.15) is 31.8 Å². The number of amides is 1. The summed E-state index contributed by atoms with van der Waals surface area (Å²) in [5.41, 5.74) is 6.97. The first-order valence-electron chi connectivity index (χ1n) is 9.13. The maximum atomic E-state index is 11.8. The number of carboxylic acids is 1. The molecule has 3 aromatic rings. The Bertz CT molecular complexity index is 1210. The molecule has 4 rings (SSSR count). The molecule has 0 bridgehead atoms. The third kappa shape index (κ3) is 3.41. The lowest BCUT2D eigenvalue weighted by atomic mass is 9.90. The molecule has 158 valence electrons. The molecule has 1 heterocycles. The average molecular weight is 458 g/mol. The van der Waals surface area contributed by atoms with E-state index in [0.717, 1.165) is 0 Å². The summed E-state index contributed by atoms with van der Waals surface area (Å²) in [6, 6.07) is 14.7. The lowest BCUT2D eigenvalue weighted by molar-refractivity contribution is 0.0696. The molecular formula is C22H17Cl2N3O4. The molecular weight excluding hydrogens is 441 g/mol. The van der Waals surface area contributed by atoms with E-state index in [9.17, 15) is 14.7 Å². The first-order valence-corrected chi connectivity index (χ1v) is 9.89. The molecule has 0 aromatic heterocycles. The molecule has 0 saturated carbocycles. The zero-order valence-corrected chi connectivity index (χ0v) is 17.7. The number of nitrogens with one attached hydrogen (secondary N) is 2. The number of methoxy groups -OCH3 is 1. The highest BCUT2D eigenvalue weighted by atomic mass is 35.5. The fourth-order valence-electron chi connectivity index (χ4n) is 3.72. The quantitative estimate of drug-likeness (QED) is 0.447. The molecule has 1 aliphatic heterocycles. The Morgan fingerprint density at radius 3 is 2.29 bits per heavy atom. The summed E-state index contributed by atoms with van der Waals surface area (Å²) < 4.78 is 5.38. The van der Waals surface area contributed by atoms with E-state index in [4.69, 9.17) is 33.7 Å². The van der Waals surface area contributed by atoms with Gasteiger partial charge >= 0.3 is 5.97 Å². The Hall–Kier alpha value is -3.42. The minimum atomic E-state index is -1.17. The summed E-state index contributed by atoms with van der Waals surface area (Å²) in [6.07, 6.45) is 0. The number of anilines is 2. The van der Waals surface area contributed by atoms with E-state index < -0.39 is 17.5 Å². The van der Waals surface area contributed by atoms with E-state index in [0.29, 0.717) is 32.5 Å². The summed E-state index contributed by atoms with van der Waals surface area (Å²) in [5, 5.41) is 16.9. The number of primary amides is 1. The molecule has 0 spiro atoms. The fourth-order valence-corrected chi connectivity index (χ4v) is 4.40. The van der Waals surface area contributed by atoms with Gasteiger partial charge in [-0.2, -0.15) is 0 Å². The van der Waals surface area contributed by atoms with Crippen LogP contribution in [-0.4, -0.2) is 24.1 Å². The van der Waals surface area contributed by atoms with Crippen molar-refractivity contribution >= 4 is 46.5 Å². The van der Waals surface area contributed by atoms with Gasteiger partial charge in [-0.1, -0.05) is 35.3 Å². The van der Waals surface area contributed by atoms with Crippen LogP contribution in [-0.2, 0) is 5.66 Å². The number of carboxylic acid groups (broad SMARTS) is 1. The van der Waals surface area contributed by atoms with Crippen molar-refractivity contribution in [3.05, 3.63) is 86.9 Å². The van der Waals surface area contributed by atoms with Crippen LogP contribution in [0.25, 0.3) is 0 Å².